The Kier molecular flexibility index (Phi) is 5.38. The number of halogens is 1. The molecule has 3 rings (SSSR count). The van der Waals surface area contributed by atoms with Gasteiger partial charge >= 0.3 is 5.97 Å². The first-order chi connectivity index (χ1) is 12.7. The fourth-order valence-electron chi connectivity index (χ4n) is 2.29. The zero-order valence-corrected chi connectivity index (χ0v) is 14.1. The zero-order chi connectivity index (χ0) is 18.4. The van der Waals surface area contributed by atoms with Gasteiger partial charge in [-0.3, -0.25) is 0 Å². The van der Waals surface area contributed by atoms with Crippen molar-refractivity contribution in [1.82, 2.24) is 9.97 Å². The normalized spacial score (nSPS) is 10.2. The van der Waals surface area contributed by atoms with Gasteiger partial charge in [0.15, 0.2) is 0 Å². The van der Waals surface area contributed by atoms with Crippen LogP contribution < -0.4 is 10.6 Å². The van der Waals surface area contributed by atoms with E-state index >= 15 is 0 Å². The molecule has 2 N–H and O–H groups in total. The van der Waals surface area contributed by atoms with Crippen molar-refractivity contribution in [1.29, 1.82) is 0 Å². The minimum Gasteiger partial charge on any atom is -0.462 e. The molecule has 0 amide bonds. The molecule has 2 aromatic carbocycles. The number of esters is 1. The predicted molar refractivity (Wildman–Crippen MR) is 97.4 cm³/mol. The topological polar surface area (TPSA) is 76.1 Å². The molecule has 0 aliphatic heterocycles. The summed E-state index contributed by atoms with van der Waals surface area (Å²) in [4.78, 5) is 20.5. The molecular formula is C19H17FN4O2. The van der Waals surface area contributed by atoms with Crippen molar-refractivity contribution in [3.05, 3.63) is 72.2 Å². The van der Waals surface area contributed by atoms with Gasteiger partial charge in [0.25, 0.3) is 0 Å². The lowest BCUT2D eigenvalue weighted by atomic mass is 10.2. The van der Waals surface area contributed by atoms with E-state index in [0.29, 0.717) is 22.8 Å². The maximum atomic E-state index is 13.8. The van der Waals surface area contributed by atoms with E-state index in [1.807, 2.05) is 0 Å². The second-order valence-corrected chi connectivity index (χ2v) is 5.26. The lowest BCUT2D eigenvalue weighted by Gasteiger charge is -2.11. The smallest absolute Gasteiger partial charge is 0.340 e. The van der Waals surface area contributed by atoms with Crippen LogP contribution in [0.4, 0.5) is 27.5 Å². The number of rotatable bonds is 6. The summed E-state index contributed by atoms with van der Waals surface area (Å²) in [5.41, 5.74) is 1.21. The van der Waals surface area contributed by atoms with Crippen LogP contribution >= 0.6 is 0 Å². The summed E-state index contributed by atoms with van der Waals surface area (Å²) >= 11 is 0. The lowest BCUT2D eigenvalue weighted by molar-refractivity contribution is 0.0527. The molecule has 132 valence electrons. The molecule has 1 aromatic heterocycles. The number of carbonyl (C=O) groups is 1. The highest BCUT2D eigenvalue weighted by molar-refractivity contribution is 5.96. The Balaban J connectivity index is 1.82. The van der Waals surface area contributed by atoms with Gasteiger partial charge in [0.05, 0.1) is 23.5 Å². The van der Waals surface area contributed by atoms with E-state index in [4.69, 9.17) is 4.74 Å². The molecule has 0 saturated carbocycles. The molecule has 0 aliphatic carbocycles. The van der Waals surface area contributed by atoms with Crippen molar-refractivity contribution in [2.45, 2.75) is 6.92 Å². The van der Waals surface area contributed by atoms with Crippen molar-refractivity contribution in [2.24, 2.45) is 0 Å². The van der Waals surface area contributed by atoms with E-state index in [1.54, 1.807) is 55.5 Å². The van der Waals surface area contributed by atoms with Crippen LogP contribution in [0, 0.1) is 5.82 Å². The van der Waals surface area contributed by atoms with Gasteiger partial charge in [-0.1, -0.05) is 24.3 Å². The summed E-state index contributed by atoms with van der Waals surface area (Å²) in [5, 5.41) is 5.89. The molecule has 26 heavy (non-hydrogen) atoms. The van der Waals surface area contributed by atoms with E-state index < -0.39 is 5.97 Å². The Morgan fingerprint density at radius 2 is 1.77 bits per heavy atom. The zero-order valence-electron chi connectivity index (χ0n) is 14.1. The molecule has 0 spiro atoms. The monoisotopic (exact) mass is 352 g/mol. The Hall–Kier alpha value is -3.48. The minimum absolute atomic E-state index is 0.267. The summed E-state index contributed by atoms with van der Waals surface area (Å²) in [5.74, 6) is -0.131. The molecule has 0 fully saturated rings. The first-order valence-electron chi connectivity index (χ1n) is 8.05. The molecule has 0 unspecified atom stereocenters. The Bertz CT molecular complexity index is 917. The minimum atomic E-state index is -0.434. The van der Waals surface area contributed by atoms with Gasteiger partial charge < -0.3 is 15.4 Å². The third kappa shape index (κ3) is 4.13. The SMILES string of the molecule is CCOC(=O)c1ccccc1Nc1nccc(Nc2ccccc2F)n1. The van der Waals surface area contributed by atoms with Gasteiger partial charge in [-0.15, -0.1) is 0 Å². The summed E-state index contributed by atoms with van der Waals surface area (Å²) in [6.07, 6.45) is 1.53. The van der Waals surface area contributed by atoms with Gasteiger partial charge in [0.2, 0.25) is 5.95 Å². The number of nitrogens with one attached hydrogen (secondary N) is 2. The lowest BCUT2D eigenvalue weighted by Crippen LogP contribution is -2.09. The maximum absolute atomic E-state index is 13.8. The van der Waals surface area contributed by atoms with Gasteiger partial charge in [-0.05, 0) is 37.3 Å². The van der Waals surface area contributed by atoms with Crippen molar-refractivity contribution in [3.63, 3.8) is 0 Å². The quantitative estimate of drug-likeness (QED) is 0.645. The summed E-state index contributed by atoms with van der Waals surface area (Å²) < 4.78 is 18.8. The summed E-state index contributed by atoms with van der Waals surface area (Å²) in [6.45, 7) is 2.03. The number of nitrogens with zero attached hydrogens (tertiary/aromatic N) is 2. The van der Waals surface area contributed by atoms with Gasteiger partial charge in [-0.25, -0.2) is 14.2 Å². The van der Waals surface area contributed by atoms with Gasteiger partial charge in [-0.2, -0.15) is 4.98 Å². The van der Waals surface area contributed by atoms with Crippen molar-refractivity contribution >= 4 is 29.1 Å². The molecule has 7 heteroatoms. The highest BCUT2D eigenvalue weighted by Crippen LogP contribution is 2.22. The fourth-order valence-corrected chi connectivity index (χ4v) is 2.29. The number of hydrogen-bond acceptors (Lipinski definition) is 6. The molecule has 0 aliphatic rings. The number of para-hydroxylation sites is 2. The third-order valence-corrected chi connectivity index (χ3v) is 3.46. The van der Waals surface area contributed by atoms with Crippen LogP contribution in [0.15, 0.2) is 60.8 Å². The number of carbonyl (C=O) groups excluding carboxylic acids is 1. The molecular weight excluding hydrogens is 335 g/mol. The first-order valence-corrected chi connectivity index (χ1v) is 8.05. The van der Waals surface area contributed by atoms with E-state index in [0.717, 1.165) is 0 Å². The maximum Gasteiger partial charge on any atom is 0.340 e. The molecule has 0 atom stereocenters. The number of hydrogen-bond donors (Lipinski definition) is 2. The number of ether oxygens (including phenoxy) is 1. The van der Waals surface area contributed by atoms with E-state index in [9.17, 15) is 9.18 Å². The van der Waals surface area contributed by atoms with Crippen molar-refractivity contribution < 1.29 is 13.9 Å². The number of anilines is 4. The average Bonchev–Trinajstić information content (AvgIpc) is 2.65. The van der Waals surface area contributed by atoms with Crippen LogP contribution in [0.25, 0.3) is 0 Å². The molecule has 1 heterocycles. The highest BCUT2D eigenvalue weighted by atomic mass is 19.1. The van der Waals surface area contributed by atoms with Crippen LogP contribution in [-0.4, -0.2) is 22.5 Å². The number of benzene rings is 2. The highest BCUT2D eigenvalue weighted by Gasteiger charge is 2.13. The summed E-state index contributed by atoms with van der Waals surface area (Å²) in [7, 11) is 0. The molecule has 0 radical (unpaired) electrons. The standard InChI is InChI=1S/C19H17FN4O2/c1-2-26-18(25)13-7-3-5-9-15(13)23-19-21-12-11-17(24-19)22-16-10-6-4-8-14(16)20/h3-12H,2H2,1H3,(H2,21,22,23,24). The third-order valence-electron chi connectivity index (χ3n) is 3.46. The Labute approximate surface area is 150 Å². The van der Waals surface area contributed by atoms with E-state index in [2.05, 4.69) is 20.6 Å². The van der Waals surface area contributed by atoms with Gasteiger partial charge in [0, 0.05) is 6.20 Å². The average molecular weight is 352 g/mol. The Morgan fingerprint density at radius 3 is 2.54 bits per heavy atom. The summed E-state index contributed by atoms with van der Waals surface area (Å²) in [6, 6.07) is 14.8. The van der Waals surface area contributed by atoms with Crippen LogP contribution in [0.1, 0.15) is 17.3 Å². The first kappa shape index (κ1) is 17.3. The molecule has 0 saturated heterocycles. The van der Waals surface area contributed by atoms with Crippen LogP contribution in [0.5, 0.6) is 0 Å². The van der Waals surface area contributed by atoms with Crippen molar-refractivity contribution in [2.75, 3.05) is 17.2 Å². The van der Waals surface area contributed by atoms with Gasteiger partial charge in [0.1, 0.15) is 11.6 Å². The second-order valence-electron chi connectivity index (χ2n) is 5.26. The number of aromatic nitrogens is 2. The predicted octanol–water partition coefficient (Wildman–Crippen LogP) is 4.28. The van der Waals surface area contributed by atoms with Crippen LogP contribution in [0.2, 0.25) is 0 Å². The van der Waals surface area contributed by atoms with E-state index in [-0.39, 0.29) is 18.4 Å². The molecule has 6 nitrogen and oxygen atoms in total. The van der Waals surface area contributed by atoms with Crippen LogP contribution in [-0.2, 0) is 4.74 Å². The fraction of sp³-hybridized carbons (Fsp3) is 0.105. The second kappa shape index (κ2) is 8.06. The molecule has 3 aromatic rings. The van der Waals surface area contributed by atoms with Crippen LogP contribution in [0.3, 0.4) is 0 Å². The van der Waals surface area contributed by atoms with Crippen molar-refractivity contribution in [3.8, 4) is 0 Å². The molecule has 0 bridgehead atoms. The van der Waals surface area contributed by atoms with E-state index in [1.165, 1.54) is 12.3 Å². The Morgan fingerprint density at radius 1 is 1.04 bits per heavy atom. The largest absolute Gasteiger partial charge is 0.462 e.